The lowest BCUT2D eigenvalue weighted by atomic mass is 10.1. The molecule has 1 aromatic heterocycles. The quantitative estimate of drug-likeness (QED) is 0.502. The molecule has 128 valence electrons. The molecule has 0 aliphatic carbocycles. The summed E-state index contributed by atoms with van der Waals surface area (Å²) in [4.78, 5) is 23.4. The third-order valence-corrected chi connectivity index (χ3v) is 3.93. The molecule has 0 saturated carbocycles. The smallest absolute Gasteiger partial charge is 0.336 e. The molecular formula is C20H18O5. The second-order valence-electron chi connectivity index (χ2n) is 5.54. The van der Waals surface area contributed by atoms with Crippen molar-refractivity contribution < 1.29 is 18.7 Å². The van der Waals surface area contributed by atoms with Gasteiger partial charge in [0.1, 0.15) is 23.7 Å². The van der Waals surface area contributed by atoms with Gasteiger partial charge in [0.2, 0.25) is 0 Å². The molecular weight excluding hydrogens is 320 g/mol. The first kappa shape index (κ1) is 16.8. The molecule has 0 saturated heterocycles. The lowest BCUT2D eigenvalue weighted by Gasteiger charge is -2.09. The summed E-state index contributed by atoms with van der Waals surface area (Å²) < 4.78 is 16.1. The Balaban J connectivity index is 1.83. The zero-order chi connectivity index (χ0) is 17.8. The molecule has 2 aromatic carbocycles. The van der Waals surface area contributed by atoms with Crippen LogP contribution in [0.4, 0.5) is 0 Å². The van der Waals surface area contributed by atoms with Crippen molar-refractivity contribution >= 4 is 16.8 Å². The number of carbonyl (C=O) groups is 1. The number of Topliss-reactive ketones (excluding diaryl/α,β-unsaturated/α-hetero) is 1. The summed E-state index contributed by atoms with van der Waals surface area (Å²) >= 11 is 0. The van der Waals surface area contributed by atoms with Crippen molar-refractivity contribution in [3.05, 3.63) is 70.1 Å². The minimum absolute atomic E-state index is 0.0900. The van der Waals surface area contributed by atoms with Crippen LogP contribution in [0.15, 0.2) is 57.7 Å². The van der Waals surface area contributed by atoms with E-state index in [9.17, 15) is 9.59 Å². The molecule has 0 unspecified atom stereocenters. The summed E-state index contributed by atoms with van der Waals surface area (Å²) in [6.07, 6.45) is 0.468. The van der Waals surface area contributed by atoms with Crippen molar-refractivity contribution in [1.29, 1.82) is 0 Å². The predicted octanol–water partition coefficient (Wildman–Crippen LogP) is 3.97. The highest BCUT2D eigenvalue weighted by atomic mass is 16.5. The molecule has 3 rings (SSSR count). The molecule has 0 atom stereocenters. The maximum Gasteiger partial charge on any atom is 0.336 e. The van der Waals surface area contributed by atoms with E-state index in [0.717, 1.165) is 10.9 Å². The average molecular weight is 338 g/mol. The number of benzene rings is 2. The number of carbonyl (C=O) groups excluding carboxylic acids is 1. The van der Waals surface area contributed by atoms with E-state index in [2.05, 4.69) is 0 Å². The Morgan fingerprint density at radius 3 is 2.44 bits per heavy atom. The maximum absolute atomic E-state index is 11.8. The van der Waals surface area contributed by atoms with E-state index in [1.807, 2.05) is 13.0 Å². The molecule has 0 aliphatic rings. The minimum Gasteiger partial charge on any atom is -0.497 e. The molecule has 0 bridgehead atoms. The van der Waals surface area contributed by atoms with E-state index in [-0.39, 0.29) is 12.4 Å². The molecule has 5 nitrogen and oxygen atoms in total. The number of ether oxygens (including phenoxy) is 2. The molecule has 0 fully saturated rings. The van der Waals surface area contributed by atoms with Crippen LogP contribution in [0.5, 0.6) is 11.5 Å². The summed E-state index contributed by atoms with van der Waals surface area (Å²) in [5.74, 6) is 1.33. The van der Waals surface area contributed by atoms with Gasteiger partial charge in [-0.1, -0.05) is 6.92 Å². The highest BCUT2D eigenvalue weighted by molar-refractivity contribution is 5.95. The first-order chi connectivity index (χ1) is 12.1. The Labute approximate surface area is 144 Å². The van der Waals surface area contributed by atoms with Crippen molar-refractivity contribution in [3.63, 3.8) is 0 Å². The zero-order valence-electron chi connectivity index (χ0n) is 14.1. The van der Waals surface area contributed by atoms with E-state index in [0.29, 0.717) is 29.1 Å². The number of fused-ring (bicyclic) bond motifs is 1. The highest BCUT2D eigenvalue weighted by Gasteiger charge is 2.08. The fourth-order valence-corrected chi connectivity index (χ4v) is 2.56. The van der Waals surface area contributed by atoms with Gasteiger partial charge in [-0.2, -0.15) is 0 Å². The molecule has 0 amide bonds. The molecule has 0 spiro atoms. The van der Waals surface area contributed by atoms with Gasteiger partial charge in [0.25, 0.3) is 0 Å². The Morgan fingerprint density at radius 2 is 1.76 bits per heavy atom. The first-order valence-corrected chi connectivity index (χ1v) is 7.97. The van der Waals surface area contributed by atoms with Crippen LogP contribution in [0, 0.1) is 0 Å². The van der Waals surface area contributed by atoms with Gasteiger partial charge in [-0.05, 0) is 36.4 Å². The van der Waals surface area contributed by atoms with Crippen molar-refractivity contribution in [2.45, 2.75) is 20.0 Å². The van der Waals surface area contributed by atoms with E-state index in [4.69, 9.17) is 13.9 Å². The largest absolute Gasteiger partial charge is 0.497 e. The molecule has 5 heteroatoms. The highest BCUT2D eigenvalue weighted by Crippen LogP contribution is 2.24. The average Bonchev–Trinajstić information content (AvgIpc) is 2.65. The van der Waals surface area contributed by atoms with Gasteiger partial charge >= 0.3 is 5.63 Å². The number of hydrogen-bond acceptors (Lipinski definition) is 5. The summed E-state index contributed by atoms with van der Waals surface area (Å²) in [6, 6.07) is 13.7. The Morgan fingerprint density at radius 1 is 1.04 bits per heavy atom. The number of hydrogen-bond donors (Lipinski definition) is 0. The van der Waals surface area contributed by atoms with Gasteiger partial charge in [-0.15, -0.1) is 0 Å². The lowest BCUT2D eigenvalue weighted by Crippen LogP contribution is -2.04. The fraction of sp³-hybridized carbons (Fsp3) is 0.200. The maximum atomic E-state index is 11.8. The van der Waals surface area contributed by atoms with Crippen LogP contribution >= 0.6 is 0 Å². The van der Waals surface area contributed by atoms with Crippen LogP contribution in [-0.4, -0.2) is 12.9 Å². The standard InChI is InChI=1S/C20H18O5/c1-3-18(21)13-4-6-15(7-5-13)24-12-14-10-20(22)25-19-11-16(23-2)8-9-17(14)19/h4-11H,3,12H2,1-2H3. The molecule has 0 N–H and O–H groups in total. The van der Waals surface area contributed by atoms with E-state index >= 15 is 0 Å². The lowest BCUT2D eigenvalue weighted by molar-refractivity contribution is 0.0988. The van der Waals surface area contributed by atoms with Crippen LogP contribution in [0.25, 0.3) is 11.0 Å². The van der Waals surface area contributed by atoms with Crippen LogP contribution in [0.1, 0.15) is 29.3 Å². The molecule has 1 heterocycles. The molecule has 25 heavy (non-hydrogen) atoms. The van der Waals surface area contributed by atoms with Gasteiger partial charge in [-0.25, -0.2) is 4.79 Å². The van der Waals surface area contributed by atoms with Gasteiger partial charge < -0.3 is 13.9 Å². The monoisotopic (exact) mass is 338 g/mol. The predicted molar refractivity (Wildman–Crippen MR) is 94.4 cm³/mol. The second-order valence-corrected chi connectivity index (χ2v) is 5.54. The van der Waals surface area contributed by atoms with Crippen LogP contribution in [0.2, 0.25) is 0 Å². The molecule has 3 aromatic rings. The summed E-state index contributed by atoms with van der Waals surface area (Å²) in [5, 5.41) is 0.790. The Hall–Kier alpha value is -3.08. The third kappa shape index (κ3) is 3.71. The van der Waals surface area contributed by atoms with Gasteiger partial charge in [-0.3, -0.25) is 4.79 Å². The Kier molecular flexibility index (Phi) is 4.84. The van der Waals surface area contributed by atoms with Gasteiger partial charge in [0.05, 0.1) is 7.11 Å². The van der Waals surface area contributed by atoms with Gasteiger partial charge in [0.15, 0.2) is 5.78 Å². The van der Waals surface area contributed by atoms with Crippen molar-refractivity contribution in [2.75, 3.05) is 7.11 Å². The first-order valence-electron chi connectivity index (χ1n) is 7.97. The Bertz CT molecular complexity index is 954. The SMILES string of the molecule is CCC(=O)c1ccc(OCc2cc(=O)oc3cc(OC)ccc23)cc1. The summed E-state index contributed by atoms with van der Waals surface area (Å²) in [5.41, 5.74) is 1.40. The summed E-state index contributed by atoms with van der Waals surface area (Å²) in [7, 11) is 1.55. The topological polar surface area (TPSA) is 65.7 Å². The van der Waals surface area contributed by atoms with Crippen LogP contribution in [0.3, 0.4) is 0 Å². The van der Waals surface area contributed by atoms with Crippen molar-refractivity contribution in [2.24, 2.45) is 0 Å². The van der Waals surface area contributed by atoms with Crippen molar-refractivity contribution in [1.82, 2.24) is 0 Å². The zero-order valence-corrected chi connectivity index (χ0v) is 14.1. The minimum atomic E-state index is -0.441. The summed E-state index contributed by atoms with van der Waals surface area (Å²) in [6.45, 7) is 2.04. The number of methoxy groups -OCH3 is 1. The van der Waals surface area contributed by atoms with Crippen LogP contribution in [-0.2, 0) is 6.61 Å². The second kappa shape index (κ2) is 7.21. The third-order valence-electron chi connectivity index (χ3n) is 3.93. The van der Waals surface area contributed by atoms with Crippen LogP contribution < -0.4 is 15.1 Å². The normalized spacial score (nSPS) is 10.6. The van der Waals surface area contributed by atoms with Crippen molar-refractivity contribution in [3.8, 4) is 11.5 Å². The van der Waals surface area contributed by atoms with E-state index < -0.39 is 5.63 Å². The van der Waals surface area contributed by atoms with E-state index in [1.54, 1.807) is 43.5 Å². The fourth-order valence-electron chi connectivity index (χ4n) is 2.56. The number of ketones is 1. The molecule has 0 radical (unpaired) electrons. The van der Waals surface area contributed by atoms with Gasteiger partial charge in [0, 0.05) is 35.1 Å². The number of rotatable bonds is 6. The molecule has 0 aliphatic heterocycles. The van der Waals surface area contributed by atoms with E-state index in [1.165, 1.54) is 6.07 Å².